The molecule has 0 aliphatic carbocycles. The van der Waals surface area contributed by atoms with E-state index >= 15 is 0 Å². The Hall–Kier alpha value is -1.88. The van der Waals surface area contributed by atoms with Gasteiger partial charge in [0.25, 0.3) is 5.91 Å². The number of carbonyl (C=O) groups excluding carboxylic acids is 2. The molecule has 5 nitrogen and oxygen atoms in total. The first-order valence-electron chi connectivity index (χ1n) is 6.84. The minimum atomic E-state index is -0.114. The second-order valence-corrected chi connectivity index (χ2v) is 5.34. The van der Waals surface area contributed by atoms with Crippen LogP contribution in [-0.2, 0) is 4.79 Å². The zero-order valence-corrected chi connectivity index (χ0v) is 12.2. The van der Waals surface area contributed by atoms with Crippen LogP contribution in [0.3, 0.4) is 0 Å². The minimum absolute atomic E-state index is 0.0549. The van der Waals surface area contributed by atoms with Gasteiger partial charge in [-0.05, 0) is 38.2 Å². The number of amides is 2. The van der Waals surface area contributed by atoms with E-state index < -0.39 is 0 Å². The van der Waals surface area contributed by atoms with Crippen molar-refractivity contribution < 1.29 is 9.59 Å². The first-order chi connectivity index (χ1) is 9.47. The number of likely N-dealkylation sites (N-methyl/N-ethyl adjacent to an activating group) is 1. The quantitative estimate of drug-likeness (QED) is 0.888. The van der Waals surface area contributed by atoms with E-state index in [4.69, 9.17) is 0 Å². The average Bonchev–Trinajstić information content (AvgIpc) is 2.41. The predicted molar refractivity (Wildman–Crippen MR) is 78.7 cm³/mol. The molecule has 1 aromatic carbocycles. The van der Waals surface area contributed by atoms with E-state index in [-0.39, 0.29) is 11.8 Å². The SMILES string of the molecule is CC(=O)Nc1ccc(C(=O)N2CCN(C)C(C)C2)cc1. The van der Waals surface area contributed by atoms with Gasteiger partial charge in [-0.25, -0.2) is 0 Å². The highest BCUT2D eigenvalue weighted by Gasteiger charge is 2.24. The number of hydrogen-bond acceptors (Lipinski definition) is 3. The van der Waals surface area contributed by atoms with Gasteiger partial charge >= 0.3 is 0 Å². The summed E-state index contributed by atoms with van der Waals surface area (Å²) in [5.41, 5.74) is 1.37. The summed E-state index contributed by atoms with van der Waals surface area (Å²) in [6.45, 7) is 6.00. The molecular weight excluding hydrogens is 254 g/mol. The molecule has 1 saturated heterocycles. The van der Waals surface area contributed by atoms with E-state index in [0.717, 1.165) is 19.6 Å². The highest BCUT2D eigenvalue weighted by atomic mass is 16.2. The monoisotopic (exact) mass is 275 g/mol. The van der Waals surface area contributed by atoms with Crippen LogP contribution in [0.1, 0.15) is 24.2 Å². The molecule has 1 N–H and O–H groups in total. The number of benzene rings is 1. The summed E-state index contributed by atoms with van der Waals surface area (Å²) in [5, 5.41) is 2.69. The second kappa shape index (κ2) is 6.05. The van der Waals surface area contributed by atoms with Gasteiger partial charge in [0.2, 0.25) is 5.91 Å². The van der Waals surface area contributed by atoms with Crippen LogP contribution in [0.15, 0.2) is 24.3 Å². The summed E-state index contributed by atoms with van der Waals surface area (Å²) < 4.78 is 0. The van der Waals surface area contributed by atoms with Crippen LogP contribution in [0.2, 0.25) is 0 Å². The normalized spacial score (nSPS) is 19.8. The molecule has 0 aromatic heterocycles. The van der Waals surface area contributed by atoms with Crippen LogP contribution < -0.4 is 5.32 Å². The molecule has 108 valence electrons. The molecule has 1 atom stereocenters. The lowest BCUT2D eigenvalue weighted by Gasteiger charge is -2.37. The number of carbonyl (C=O) groups is 2. The Morgan fingerprint density at radius 3 is 2.40 bits per heavy atom. The van der Waals surface area contributed by atoms with Crippen molar-refractivity contribution in [1.82, 2.24) is 9.80 Å². The van der Waals surface area contributed by atoms with E-state index in [9.17, 15) is 9.59 Å². The van der Waals surface area contributed by atoms with E-state index in [2.05, 4.69) is 24.2 Å². The van der Waals surface area contributed by atoms with Crippen LogP contribution >= 0.6 is 0 Å². The Kier molecular flexibility index (Phi) is 4.39. The number of nitrogens with zero attached hydrogens (tertiary/aromatic N) is 2. The Balaban J connectivity index is 2.04. The molecule has 1 heterocycles. The van der Waals surface area contributed by atoms with Crippen LogP contribution in [0.5, 0.6) is 0 Å². The van der Waals surface area contributed by atoms with Gasteiger partial charge in [0, 0.05) is 43.9 Å². The first-order valence-corrected chi connectivity index (χ1v) is 6.84. The van der Waals surface area contributed by atoms with E-state index in [1.165, 1.54) is 6.92 Å². The lowest BCUT2D eigenvalue weighted by Crippen LogP contribution is -2.52. The van der Waals surface area contributed by atoms with Crippen LogP contribution in [-0.4, -0.2) is 54.3 Å². The molecule has 1 aliphatic rings. The number of rotatable bonds is 2. The first kappa shape index (κ1) is 14.5. The zero-order chi connectivity index (χ0) is 14.7. The fourth-order valence-electron chi connectivity index (χ4n) is 2.31. The molecule has 5 heteroatoms. The fourth-order valence-corrected chi connectivity index (χ4v) is 2.31. The molecule has 20 heavy (non-hydrogen) atoms. The molecular formula is C15H21N3O2. The predicted octanol–water partition coefficient (Wildman–Crippen LogP) is 1.42. The molecule has 2 amide bonds. The average molecular weight is 275 g/mol. The van der Waals surface area contributed by atoms with Crippen molar-refractivity contribution in [2.75, 3.05) is 32.0 Å². The molecule has 0 bridgehead atoms. The number of hydrogen-bond donors (Lipinski definition) is 1. The number of piperazine rings is 1. The van der Waals surface area contributed by atoms with Crippen LogP contribution in [0.4, 0.5) is 5.69 Å². The maximum absolute atomic E-state index is 12.4. The third-order valence-electron chi connectivity index (χ3n) is 3.70. The highest BCUT2D eigenvalue weighted by molar-refractivity contribution is 5.95. The van der Waals surface area contributed by atoms with Gasteiger partial charge < -0.3 is 15.1 Å². The summed E-state index contributed by atoms with van der Waals surface area (Å²) in [6, 6.07) is 7.42. The van der Waals surface area contributed by atoms with Gasteiger partial charge in [-0.15, -0.1) is 0 Å². The molecule has 2 rings (SSSR count). The summed E-state index contributed by atoms with van der Waals surface area (Å²) >= 11 is 0. The molecule has 1 unspecified atom stereocenters. The lowest BCUT2D eigenvalue weighted by molar-refractivity contribution is -0.114. The van der Waals surface area contributed by atoms with Gasteiger partial charge in [0.1, 0.15) is 0 Å². The molecule has 1 aliphatic heterocycles. The minimum Gasteiger partial charge on any atom is -0.336 e. The maximum Gasteiger partial charge on any atom is 0.253 e. The molecule has 0 saturated carbocycles. The summed E-state index contributed by atoms with van der Waals surface area (Å²) in [7, 11) is 2.08. The van der Waals surface area contributed by atoms with Gasteiger partial charge in [-0.1, -0.05) is 0 Å². The molecule has 0 radical (unpaired) electrons. The largest absolute Gasteiger partial charge is 0.336 e. The zero-order valence-electron chi connectivity index (χ0n) is 12.2. The van der Waals surface area contributed by atoms with Crippen molar-refractivity contribution >= 4 is 17.5 Å². The van der Waals surface area contributed by atoms with Crippen molar-refractivity contribution in [3.8, 4) is 0 Å². The van der Waals surface area contributed by atoms with Gasteiger partial charge in [-0.3, -0.25) is 9.59 Å². The Labute approximate surface area is 119 Å². The Morgan fingerprint density at radius 2 is 1.85 bits per heavy atom. The summed E-state index contributed by atoms with van der Waals surface area (Å²) in [5.74, 6) is -0.0590. The maximum atomic E-state index is 12.4. The van der Waals surface area contributed by atoms with E-state index in [1.807, 2.05) is 4.90 Å². The third kappa shape index (κ3) is 3.36. The molecule has 1 aromatic rings. The fraction of sp³-hybridized carbons (Fsp3) is 0.467. The summed E-state index contributed by atoms with van der Waals surface area (Å²) in [6.07, 6.45) is 0. The number of anilines is 1. The highest BCUT2D eigenvalue weighted by Crippen LogP contribution is 2.14. The van der Waals surface area contributed by atoms with Gasteiger partial charge in [0.05, 0.1) is 0 Å². The van der Waals surface area contributed by atoms with Crippen molar-refractivity contribution in [3.63, 3.8) is 0 Å². The van der Waals surface area contributed by atoms with Crippen LogP contribution in [0, 0.1) is 0 Å². The van der Waals surface area contributed by atoms with Crippen molar-refractivity contribution in [2.45, 2.75) is 19.9 Å². The van der Waals surface area contributed by atoms with Crippen molar-refractivity contribution in [3.05, 3.63) is 29.8 Å². The van der Waals surface area contributed by atoms with E-state index in [1.54, 1.807) is 24.3 Å². The number of nitrogens with one attached hydrogen (secondary N) is 1. The second-order valence-electron chi connectivity index (χ2n) is 5.34. The lowest BCUT2D eigenvalue weighted by atomic mass is 10.1. The Bertz CT molecular complexity index is 498. The van der Waals surface area contributed by atoms with E-state index in [0.29, 0.717) is 17.3 Å². The third-order valence-corrected chi connectivity index (χ3v) is 3.70. The molecule has 0 spiro atoms. The van der Waals surface area contributed by atoms with Crippen LogP contribution in [0.25, 0.3) is 0 Å². The van der Waals surface area contributed by atoms with Crippen molar-refractivity contribution in [1.29, 1.82) is 0 Å². The Morgan fingerprint density at radius 1 is 1.20 bits per heavy atom. The smallest absolute Gasteiger partial charge is 0.253 e. The van der Waals surface area contributed by atoms with Gasteiger partial charge in [0.15, 0.2) is 0 Å². The van der Waals surface area contributed by atoms with Gasteiger partial charge in [-0.2, -0.15) is 0 Å². The topological polar surface area (TPSA) is 52.7 Å². The van der Waals surface area contributed by atoms with Crippen molar-refractivity contribution in [2.24, 2.45) is 0 Å². The standard InChI is InChI=1S/C15H21N3O2/c1-11-10-18(9-8-17(11)3)15(20)13-4-6-14(7-5-13)16-12(2)19/h4-7,11H,8-10H2,1-3H3,(H,16,19). The molecule has 1 fully saturated rings. The summed E-state index contributed by atoms with van der Waals surface area (Å²) in [4.78, 5) is 27.5.